The van der Waals surface area contributed by atoms with Crippen molar-refractivity contribution in [3.63, 3.8) is 0 Å². The number of fused-ring (bicyclic) bond motifs is 3. The van der Waals surface area contributed by atoms with Gasteiger partial charge in [0, 0.05) is 10.9 Å². The topological polar surface area (TPSA) is 82.3 Å². The number of benzene rings is 1. The van der Waals surface area contributed by atoms with Gasteiger partial charge >= 0.3 is 5.69 Å². The van der Waals surface area contributed by atoms with Crippen LogP contribution in [0.5, 0.6) is 5.75 Å². The number of ether oxygens (including phenoxy) is 1. The first kappa shape index (κ1) is 21.4. The van der Waals surface area contributed by atoms with Crippen LogP contribution < -0.4 is 21.3 Å². The lowest BCUT2D eigenvalue weighted by Gasteiger charge is -2.15. The number of amides is 1. The molecule has 31 heavy (non-hydrogen) atoms. The number of nitrogens with zero attached hydrogens (tertiary/aromatic N) is 2. The maximum atomic E-state index is 13.5. The maximum Gasteiger partial charge on any atom is 0.337 e. The highest BCUT2D eigenvalue weighted by molar-refractivity contribution is 7.19. The summed E-state index contributed by atoms with van der Waals surface area (Å²) < 4.78 is 8.11. The highest BCUT2D eigenvalue weighted by atomic mass is 32.1. The molecule has 2 heterocycles. The van der Waals surface area contributed by atoms with Gasteiger partial charge in [-0.15, -0.1) is 11.3 Å². The Labute approximate surface area is 184 Å². The predicted molar refractivity (Wildman–Crippen MR) is 123 cm³/mol. The molecule has 1 unspecified atom stereocenters. The number of hydrogen-bond donors (Lipinski definition) is 1. The van der Waals surface area contributed by atoms with Crippen molar-refractivity contribution >= 4 is 27.5 Å². The summed E-state index contributed by atoms with van der Waals surface area (Å²) in [5, 5.41) is 3.49. The maximum absolute atomic E-state index is 13.5. The fraction of sp³-hybridized carbons (Fsp3) is 0.435. The van der Waals surface area contributed by atoms with Crippen molar-refractivity contribution in [3.8, 4) is 11.4 Å². The number of hydrogen-bond acceptors (Lipinski definition) is 5. The Morgan fingerprint density at radius 2 is 1.94 bits per heavy atom. The van der Waals surface area contributed by atoms with Gasteiger partial charge in [0.05, 0.1) is 17.7 Å². The minimum Gasteiger partial charge on any atom is -0.494 e. The zero-order valence-electron chi connectivity index (χ0n) is 18.1. The van der Waals surface area contributed by atoms with Crippen LogP contribution in [-0.2, 0) is 24.2 Å². The van der Waals surface area contributed by atoms with Gasteiger partial charge in [0.2, 0.25) is 5.91 Å². The molecule has 1 aliphatic rings. The molecule has 4 rings (SSSR count). The van der Waals surface area contributed by atoms with Crippen LogP contribution in [0.4, 0.5) is 0 Å². The van der Waals surface area contributed by atoms with E-state index >= 15 is 0 Å². The summed E-state index contributed by atoms with van der Waals surface area (Å²) in [4.78, 5) is 41.3. The van der Waals surface area contributed by atoms with Crippen LogP contribution in [0, 0.1) is 0 Å². The summed E-state index contributed by atoms with van der Waals surface area (Å²) in [6.07, 6.45) is 3.54. The first-order valence-corrected chi connectivity index (χ1v) is 11.6. The smallest absolute Gasteiger partial charge is 0.337 e. The zero-order valence-corrected chi connectivity index (χ0v) is 18.9. The fourth-order valence-electron chi connectivity index (χ4n) is 4.00. The number of carbonyl (C=O) groups excluding carboxylic acids is 1. The quantitative estimate of drug-likeness (QED) is 0.611. The molecule has 0 aliphatic heterocycles. The average molecular weight is 442 g/mol. The third-order valence-corrected chi connectivity index (χ3v) is 7.03. The molecule has 0 saturated heterocycles. The largest absolute Gasteiger partial charge is 0.494 e. The molecule has 1 aromatic carbocycles. The van der Waals surface area contributed by atoms with E-state index in [1.807, 2.05) is 20.8 Å². The molecule has 1 N–H and O–H groups in total. The highest BCUT2D eigenvalue weighted by Gasteiger charge is 2.26. The third kappa shape index (κ3) is 3.92. The lowest BCUT2D eigenvalue weighted by molar-refractivity contribution is -0.122. The van der Waals surface area contributed by atoms with Gasteiger partial charge in [-0.2, -0.15) is 0 Å². The van der Waals surface area contributed by atoms with Gasteiger partial charge < -0.3 is 10.1 Å². The average Bonchev–Trinajstić information content (AvgIpc) is 3.34. The second-order valence-electron chi connectivity index (χ2n) is 7.85. The highest BCUT2D eigenvalue weighted by Crippen LogP contribution is 2.35. The molecule has 1 amide bonds. The third-order valence-electron chi connectivity index (χ3n) is 5.71. The molecular formula is C23H27N3O4S. The molecule has 8 heteroatoms. The zero-order chi connectivity index (χ0) is 22.1. The van der Waals surface area contributed by atoms with E-state index in [0.717, 1.165) is 36.1 Å². The van der Waals surface area contributed by atoms with Gasteiger partial charge in [0.25, 0.3) is 5.56 Å². The van der Waals surface area contributed by atoms with E-state index in [1.165, 1.54) is 20.5 Å². The number of aromatic nitrogens is 2. The van der Waals surface area contributed by atoms with Crippen molar-refractivity contribution in [3.05, 3.63) is 55.5 Å². The summed E-state index contributed by atoms with van der Waals surface area (Å²) in [6, 6.07) is 6.91. The molecule has 3 aromatic rings. The Kier molecular flexibility index (Phi) is 6.00. The van der Waals surface area contributed by atoms with E-state index in [9.17, 15) is 14.4 Å². The molecular weight excluding hydrogens is 414 g/mol. The number of nitrogens with one attached hydrogen (secondary N) is 1. The SMILES string of the molecule is CCOc1ccc(-n2c(=O)c3c4c(sc3n(CC(=O)NC(C)CC)c2=O)CCC4)cc1. The van der Waals surface area contributed by atoms with E-state index < -0.39 is 5.69 Å². The molecule has 0 bridgehead atoms. The minimum atomic E-state index is -0.499. The first-order valence-electron chi connectivity index (χ1n) is 10.8. The number of thiophene rings is 1. The number of carbonyl (C=O) groups is 1. The Balaban J connectivity index is 1.89. The Morgan fingerprint density at radius 1 is 1.19 bits per heavy atom. The van der Waals surface area contributed by atoms with Gasteiger partial charge in [-0.05, 0) is 69.4 Å². The van der Waals surface area contributed by atoms with Gasteiger partial charge in [-0.25, -0.2) is 9.36 Å². The van der Waals surface area contributed by atoms with E-state index in [0.29, 0.717) is 28.3 Å². The summed E-state index contributed by atoms with van der Waals surface area (Å²) in [5.74, 6) is 0.438. The van der Waals surface area contributed by atoms with Crippen LogP contribution in [0.15, 0.2) is 33.9 Å². The van der Waals surface area contributed by atoms with Crippen LogP contribution in [0.2, 0.25) is 0 Å². The van der Waals surface area contributed by atoms with Crippen molar-refractivity contribution < 1.29 is 9.53 Å². The molecule has 0 radical (unpaired) electrons. The lowest BCUT2D eigenvalue weighted by atomic mass is 10.2. The summed E-state index contributed by atoms with van der Waals surface area (Å²) in [7, 11) is 0. The first-order chi connectivity index (χ1) is 14.9. The van der Waals surface area contributed by atoms with Crippen LogP contribution in [0.25, 0.3) is 15.9 Å². The standard InChI is InChI=1S/C23H27N3O4S/c1-4-14(3)24-19(27)13-25-22-20(17-7-6-8-18(17)31-22)21(28)26(23(25)29)15-9-11-16(12-10-15)30-5-2/h9-12,14H,4-8,13H2,1-3H3,(H,24,27). The predicted octanol–water partition coefficient (Wildman–Crippen LogP) is 3.02. The van der Waals surface area contributed by atoms with Crippen LogP contribution in [0.1, 0.15) is 44.1 Å². The van der Waals surface area contributed by atoms with Gasteiger partial charge in [0.15, 0.2) is 0 Å². The molecule has 0 spiro atoms. The molecule has 7 nitrogen and oxygen atoms in total. The monoisotopic (exact) mass is 441 g/mol. The van der Waals surface area contributed by atoms with Crippen molar-refractivity contribution in [2.75, 3.05) is 6.61 Å². The Hall–Kier alpha value is -2.87. The number of rotatable bonds is 7. The van der Waals surface area contributed by atoms with Gasteiger partial charge in [-0.1, -0.05) is 6.92 Å². The second-order valence-corrected chi connectivity index (χ2v) is 8.93. The normalized spacial score (nSPS) is 13.9. The van der Waals surface area contributed by atoms with Gasteiger partial charge in [-0.3, -0.25) is 14.2 Å². The minimum absolute atomic E-state index is 0.0176. The van der Waals surface area contributed by atoms with Crippen LogP contribution >= 0.6 is 11.3 Å². The molecule has 164 valence electrons. The molecule has 0 saturated carbocycles. The second kappa shape index (κ2) is 8.70. The van der Waals surface area contributed by atoms with Crippen molar-refractivity contribution in [1.29, 1.82) is 0 Å². The Morgan fingerprint density at radius 3 is 2.61 bits per heavy atom. The van der Waals surface area contributed by atoms with Crippen molar-refractivity contribution in [2.24, 2.45) is 0 Å². The van der Waals surface area contributed by atoms with Crippen molar-refractivity contribution in [1.82, 2.24) is 14.5 Å². The lowest BCUT2D eigenvalue weighted by Crippen LogP contribution is -2.42. The van der Waals surface area contributed by atoms with Gasteiger partial charge in [0.1, 0.15) is 17.1 Å². The molecule has 0 fully saturated rings. The number of aryl methyl sites for hydroxylation is 2. The molecule has 2 aromatic heterocycles. The van der Waals surface area contributed by atoms with Crippen molar-refractivity contribution in [2.45, 2.75) is 59.0 Å². The van der Waals surface area contributed by atoms with E-state index in [1.54, 1.807) is 24.3 Å². The van der Waals surface area contributed by atoms with E-state index in [4.69, 9.17) is 4.74 Å². The van der Waals surface area contributed by atoms with Crippen LogP contribution in [0.3, 0.4) is 0 Å². The molecule has 1 aliphatic carbocycles. The Bertz CT molecular complexity index is 1240. The van der Waals surface area contributed by atoms with E-state index in [2.05, 4.69) is 5.32 Å². The molecule has 1 atom stereocenters. The fourth-order valence-corrected chi connectivity index (χ4v) is 5.37. The van der Waals surface area contributed by atoms with E-state index in [-0.39, 0.29) is 24.1 Å². The summed E-state index contributed by atoms with van der Waals surface area (Å²) >= 11 is 1.47. The summed E-state index contributed by atoms with van der Waals surface area (Å²) in [6.45, 7) is 6.23. The van der Waals surface area contributed by atoms with Crippen LogP contribution in [-0.4, -0.2) is 27.7 Å². The summed E-state index contributed by atoms with van der Waals surface area (Å²) in [5.41, 5.74) is 0.679.